The van der Waals surface area contributed by atoms with Gasteiger partial charge in [0.05, 0.1) is 33.6 Å². The number of fused-ring (bicyclic) bond motifs is 11. The lowest BCUT2D eigenvalue weighted by Crippen LogP contribution is -2.36. The van der Waals surface area contributed by atoms with Crippen LogP contribution < -0.4 is 16.0 Å². The third-order valence-corrected chi connectivity index (χ3v) is 15.1. The molecule has 9 aromatic carbocycles. The molecule has 12 nitrogen and oxygen atoms in total. The monoisotopic (exact) mass is 1130 g/mol. The lowest BCUT2D eigenvalue weighted by Gasteiger charge is -2.12. The number of rotatable bonds is 2. The SMILES string of the molecule is C.CC[n+]1c(-c2ccccc2)c2cc(N)ccc2c2ccc(N)cc21.Cc1c2ccncc2c(C)c2c1[nH]c1ccccc12.O=C1C=CC(=O)c2ccccc21.O=C1C=Cc2ccccc2C1=O.c1ccc2[nH]ccc2c1.c1ccc2[nH]cnc2c1. The number of nitrogens with two attached hydrogens (primary N) is 2. The minimum atomic E-state index is -0.436. The number of anilines is 2. The van der Waals surface area contributed by atoms with Gasteiger partial charge < -0.3 is 26.4 Å². The van der Waals surface area contributed by atoms with Gasteiger partial charge in [0.2, 0.25) is 22.8 Å². The maximum Gasteiger partial charge on any atom is 0.233 e. The molecule has 0 saturated carbocycles. The average Bonchev–Trinajstić information content (AvgIpc) is 1.43. The molecule has 16 rings (SSSR count). The van der Waals surface area contributed by atoms with E-state index >= 15 is 0 Å². The number of H-pyrrole nitrogens is 3. The van der Waals surface area contributed by atoms with Crippen molar-refractivity contribution in [3.8, 4) is 11.3 Å². The van der Waals surface area contributed by atoms with Crippen molar-refractivity contribution in [3.05, 3.63) is 277 Å². The van der Waals surface area contributed by atoms with Crippen LogP contribution in [0.1, 0.15) is 62.1 Å². The smallest absolute Gasteiger partial charge is 0.233 e. The molecule has 0 bridgehead atoms. The van der Waals surface area contributed by atoms with Crippen LogP contribution in [0.4, 0.5) is 11.4 Å². The van der Waals surface area contributed by atoms with Gasteiger partial charge >= 0.3 is 0 Å². The Kier molecular flexibility index (Phi) is 17.4. The molecule has 0 unspecified atom stereocenters. The number of para-hydroxylation sites is 4. The minimum Gasteiger partial charge on any atom is -0.399 e. The second-order valence-corrected chi connectivity index (χ2v) is 20.3. The van der Waals surface area contributed by atoms with Crippen LogP contribution in [-0.4, -0.2) is 48.1 Å². The number of hydrogen-bond acceptors (Lipinski definition) is 8. The quantitative estimate of drug-likeness (QED) is 0.0488. The van der Waals surface area contributed by atoms with E-state index in [4.69, 9.17) is 11.5 Å². The molecular weight excluding hydrogens is 1060 g/mol. The van der Waals surface area contributed by atoms with Crippen LogP contribution in [0.2, 0.25) is 0 Å². The van der Waals surface area contributed by atoms with E-state index < -0.39 is 11.6 Å². The fourth-order valence-electron chi connectivity index (χ4n) is 10.9. The first-order chi connectivity index (χ1) is 41.5. The molecular formula is C74H63N8O4+. The second-order valence-electron chi connectivity index (χ2n) is 20.3. The standard InChI is InChI=1S/C21H19N3.C17H14N2.2C10H6O2.C8H7N.C7H6N2.CH4/c1-2-24-20-13-16(23)9-11-18(20)17-10-8-15(22)12-19(17)21(24)14-6-4-3-5-7-14;1-10-14-9-18-8-7-12(14)11(2)17-16(10)13-5-3-4-6-15(13)19-17;11-9-5-6-10(12)8-4-2-1-3-7(8)9;11-9-6-5-7-3-1-2-4-8(7)10(9)12;1-2-4-8-7(3-1)5-6-9-8;1-2-4-7-6(3-1)8-5-9-7;/h3-13,23H,2,22H2,1H3;3-9,19H,1-2H3;2*1-6H;1-6,9H;1-5H,(H,8,9);1H4/p+1. The first kappa shape index (κ1) is 57.8. The maximum atomic E-state index is 11.2. The molecule has 0 radical (unpaired) electrons. The summed E-state index contributed by atoms with van der Waals surface area (Å²) in [5.41, 5.74) is 27.9. The Hall–Kier alpha value is -11.4. The fraction of sp³-hybridized carbons (Fsp3) is 0.0676. The summed E-state index contributed by atoms with van der Waals surface area (Å²) < 4.78 is 2.32. The predicted molar refractivity (Wildman–Crippen MR) is 352 cm³/mol. The molecule has 2 aliphatic rings. The van der Waals surface area contributed by atoms with Gasteiger partial charge in [-0.1, -0.05) is 135 Å². The largest absolute Gasteiger partial charge is 0.399 e. The van der Waals surface area contributed by atoms with Crippen molar-refractivity contribution in [1.82, 2.24) is 24.9 Å². The Morgan fingerprint density at radius 1 is 0.500 bits per heavy atom. The van der Waals surface area contributed by atoms with Crippen LogP contribution >= 0.6 is 0 Å². The molecule has 7 N–H and O–H groups in total. The average molecular weight is 1130 g/mol. The van der Waals surface area contributed by atoms with E-state index in [1.54, 1.807) is 48.8 Å². The Labute approximate surface area is 497 Å². The van der Waals surface area contributed by atoms with Crippen molar-refractivity contribution >= 4 is 117 Å². The van der Waals surface area contributed by atoms with E-state index in [0.29, 0.717) is 16.7 Å². The number of ketones is 4. The number of hydrogen-bond donors (Lipinski definition) is 5. The zero-order valence-corrected chi connectivity index (χ0v) is 47.0. The van der Waals surface area contributed by atoms with E-state index in [2.05, 4.69) is 147 Å². The van der Waals surface area contributed by atoms with Crippen molar-refractivity contribution < 1.29 is 23.7 Å². The van der Waals surface area contributed by atoms with Crippen molar-refractivity contribution in [3.63, 3.8) is 0 Å². The van der Waals surface area contributed by atoms with E-state index in [9.17, 15) is 19.2 Å². The molecule has 0 amide bonds. The van der Waals surface area contributed by atoms with Gasteiger partial charge in [0.1, 0.15) is 6.54 Å². The minimum absolute atomic E-state index is 0. The number of nitrogens with zero attached hydrogens (tertiary/aromatic N) is 3. The summed E-state index contributed by atoms with van der Waals surface area (Å²) in [4.78, 5) is 62.5. The summed E-state index contributed by atoms with van der Waals surface area (Å²) in [5.74, 6) is -1.03. The number of aromatic amines is 3. The van der Waals surface area contributed by atoms with Crippen LogP contribution in [0.3, 0.4) is 0 Å². The van der Waals surface area contributed by atoms with Gasteiger partial charge in [-0.25, -0.2) is 4.98 Å². The van der Waals surface area contributed by atoms with Gasteiger partial charge in [-0.05, 0) is 139 Å². The highest BCUT2D eigenvalue weighted by atomic mass is 16.2. The number of allylic oxidation sites excluding steroid dienone is 3. The van der Waals surface area contributed by atoms with Gasteiger partial charge in [0.25, 0.3) is 0 Å². The van der Waals surface area contributed by atoms with Gasteiger partial charge in [0.15, 0.2) is 11.6 Å². The first-order valence-corrected chi connectivity index (χ1v) is 27.8. The Bertz CT molecular complexity index is 4740. The lowest BCUT2D eigenvalue weighted by atomic mass is 9.95. The number of pyridine rings is 2. The number of nitrogens with one attached hydrogen (secondary N) is 3. The number of carbonyl (C=O) groups excluding carboxylic acids is 4. The molecule has 86 heavy (non-hydrogen) atoms. The number of Topliss-reactive ketones (excluding diaryl/α,β-unsaturated/α-hetero) is 1. The Morgan fingerprint density at radius 3 is 1.84 bits per heavy atom. The summed E-state index contributed by atoms with van der Waals surface area (Å²) in [6.07, 6.45) is 13.1. The molecule has 422 valence electrons. The van der Waals surface area contributed by atoms with Gasteiger partial charge in [-0.2, -0.15) is 4.57 Å². The summed E-state index contributed by atoms with van der Waals surface area (Å²) in [6, 6.07) is 65.4. The van der Waals surface area contributed by atoms with Crippen LogP contribution in [0.15, 0.2) is 243 Å². The highest BCUT2D eigenvalue weighted by Crippen LogP contribution is 2.37. The molecule has 0 spiro atoms. The van der Waals surface area contributed by atoms with Gasteiger partial charge in [-0.3, -0.25) is 24.2 Å². The molecule has 0 aliphatic heterocycles. The third-order valence-electron chi connectivity index (χ3n) is 15.1. The first-order valence-electron chi connectivity index (χ1n) is 27.8. The summed E-state index contributed by atoms with van der Waals surface area (Å²) in [6.45, 7) is 7.38. The highest BCUT2D eigenvalue weighted by molar-refractivity contribution is 6.50. The topological polar surface area (TPSA) is 197 Å². The number of aromatic nitrogens is 6. The Balaban J connectivity index is 0.000000119. The highest BCUT2D eigenvalue weighted by Gasteiger charge is 2.23. The van der Waals surface area contributed by atoms with Gasteiger partial charge in [0, 0.05) is 90.9 Å². The molecule has 5 heterocycles. The molecule has 12 heteroatoms. The van der Waals surface area contributed by atoms with Crippen LogP contribution in [0.25, 0.3) is 93.5 Å². The zero-order chi connectivity index (χ0) is 59.0. The molecule has 14 aromatic rings. The summed E-state index contributed by atoms with van der Waals surface area (Å²) >= 11 is 0. The molecule has 0 atom stereocenters. The maximum absolute atomic E-state index is 11.2. The zero-order valence-electron chi connectivity index (χ0n) is 47.0. The molecule has 0 fully saturated rings. The number of aryl methyl sites for hydroxylation is 3. The van der Waals surface area contributed by atoms with Crippen LogP contribution in [0, 0.1) is 13.8 Å². The fourth-order valence-corrected chi connectivity index (χ4v) is 10.9. The van der Waals surface area contributed by atoms with Crippen molar-refractivity contribution in [2.75, 3.05) is 11.5 Å². The lowest BCUT2D eigenvalue weighted by molar-refractivity contribution is -0.655. The predicted octanol–water partition coefficient (Wildman–Crippen LogP) is 16.1. The van der Waals surface area contributed by atoms with Crippen LogP contribution in [0.5, 0.6) is 0 Å². The summed E-state index contributed by atoms with van der Waals surface area (Å²) in [7, 11) is 0. The summed E-state index contributed by atoms with van der Waals surface area (Å²) in [5, 5.41) is 9.99. The second kappa shape index (κ2) is 25.8. The van der Waals surface area contributed by atoms with Gasteiger partial charge in [-0.15, -0.1) is 0 Å². The van der Waals surface area contributed by atoms with Crippen molar-refractivity contribution in [1.29, 1.82) is 0 Å². The van der Waals surface area contributed by atoms with E-state index in [1.807, 2.05) is 85.3 Å². The third kappa shape index (κ3) is 11.9. The molecule has 2 aliphatic carbocycles. The van der Waals surface area contributed by atoms with Crippen molar-refractivity contribution in [2.24, 2.45) is 0 Å². The number of benzene rings is 9. The normalized spacial score (nSPS) is 11.9. The molecule has 5 aromatic heterocycles. The number of carbonyl (C=O) groups is 4. The van der Waals surface area contributed by atoms with E-state index in [1.165, 1.54) is 100 Å². The number of nitrogen functional groups attached to an aromatic ring is 2. The van der Waals surface area contributed by atoms with E-state index in [-0.39, 0.29) is 19.0 Å². The van der Waals surface area contributed by atoms with E-state index in [0.717, 1.165) is 40.0 Å². The van der Waals surface area contributed by atoms with Crippen LogP contribution in [-0.2, 0) is 11.3 Å². The Morgan fingerprint density at radius 2 is 1.12 bits per heavy atom. The molecule has 0 saturated heterocycles. The number of imidazole rings is 1. The van der Waals surface area contributed by atoms with Crippen molar-refractivity contribution in [2.45, 2.75) is 34.7 Å².